The van der Waals surface area contributed by atoms with Gasteiger partial charge in [0.1, 0.15) is 5.72 Å². The molecule has 0 bridgehead atoms. The molecule has 1 aliphatic rings. The standard InChI is InChI=1S/C9H11NO.BH3/c10-9(11)6-5-7-3-1-2-4-8(7)9;/h1-4,11H,5-6,10H2;1H3. The van der Waals surface area contributed by atoms with Gasteiger partial charge in [-0.25, -0.2) is 0 Å². The molecule has 1 aromatic carbocycles. The second-order valence-electron chi connectivity index (χ2n) is 3.08. The van der Waals surface area contributed by atoms with Gasteiger partial charge in [0.15, 0.2) is 0 Å². The van der Waals surface area contributed by atoms with E-state index >= 15 is 0 Å². The van der Waals surface area contributed by atoms with E-state index in [2.05, 4.69) is 0 Å². The lowest BCUT2D eigenvalue weighted by atomic mass is 10.1. The summed E-state index contributed by atoms with van der Waals surface area (Å²) in [6.45, 7) is 0. The summed E-state index contributed by atoms with van der Waals surface area (Å²) in [4.78, 5) is 0. The molecular weight excluding hydrogens is 149 g/mol. The van der Waals surface area contributed by atoms with Gasteiger partial charge in [-0.3, -0.25) is 5.73 Å². The quantitative estimate of drug-likeness (QED) is 0.402. The summed E-state index contributed by atoms with van der Waals surface area (Å²) in [6.07, 6.45) is 1.54. The molecule has 12 heavy (non-hydrogen) atoms. The molecule has 2 nitrogen and oxygen atoms in total. The maximum atomic E-state index is 9.62. The number of rotatable bonds is 0. The van der Waals surface area contributed by atoms with E-state index in [-0.39, 0.29) is 8.41 Å². The molecular formula is C9H14BNO. The fourth-order valence-corrected chi connectivity index (χ4v) is 1.62. The molecule has 0 aliphatic heterocycles. The molecule has 0 spiro atoms. The highest BCUT2D eigenvalue weighted by molar-refractivity contribution is 5.75. The first-order valence-corrected chi connectivity index (χ1v) is 3.80. The predicted octanol–water partition coefficient (Wildman–Crippen LogP) is -0.447. The summed E-state index contributed by atoms with van der Waals surface area (Å²) >= 11 is 0. The normalized spacial score (nSPS) is 26.2. The molecule has 0 aromatic heterocycles. The number of aliphatic hydroxyl groups is 1. The third kappa shape index (κ3) is 1.26. The fourth-order valence-electron chi connectivity index (χ4n) is 1.62. The number of benzene rings is 1. The van der Waals surface area contributed by atoms with Crippen molar-refractivity contribution >= 4 is 8.41 Å². The molecule has 0 saturated carbocycles. The van der Waals surface area contributed by atoms with Gasteiger partial charge in [-0.15, -0.1) is 0 Å². The molecule has 1 unspecified atom stereocenters. The summed E-state index contributed by atoms with van der Waals surface area (Å²) in [5.74, 6) is 0. The van der Waals surface area contributed by atoms with Gasteiger partial charge < -0.3 is 5.11 Å². The minimum Gasteiger partial charge on any atom is -0.372 e. The fraction of sp³-hybridized carbons (Fsp3) is 0.333. The zero-order valence-electron chi connectivity index (χ0n) is 6.25. The Morgan fingerprint density at radius 3 is 2.67 bits per heavy atom. The molecule has 2 rings (SSSR count). The van der Waals surface area contributed by atoms with Crippen molar-refractivity contribution < 1.29 is 5.11 Å². The first kappa shape index (κ1) is 9.29. The van der Waals surface area contributed by atoms with Crippen LogP contribution in [0.1, 0.15) is 17.5 Å². The summed E-state index contributed by atoms with van der Waals surface area (Å²) in [5, 5.41) is 9.62. The minimum atomic E-state index is -1.07. The lowest BCUT2D eigenvalue weighted by molar-refractivity contribution is 0.0458. The lowest BCUT2D eigenvalue weighted by Crippen LogP contribution is -2.33. The van der Waals surface area contributed by atoms with Gasteiger partial charge >= 0.3 is 0 Å². The molecule has 3 N–H and O–H groups in total. The number of aryl methyl sites for hydroxylation is 1. The van der Waals surface area contributed by atoms with Crippen LogP contribution in [-0.2, 0) is 12.1 Å². The van der Waals surface area contributed by atoms with E-state index in [1.165, 1.54) is 5.56 Å². The van der Waals surface area contributed by atoms with E-state index in [1.807, 2.05) is 24.3 Å². The third-order valence-corrected chi connectivity index (χ3v) is 2.26. The molecule has 1 aromatic rings. The summed E-state index contributed by atoms with van der Waals surface area (Å²) in [5.41, 5.74) is 6.64. The van der Waals surface area contributed by atoms with Crippen LogP contribution in [0.15, 0.2) is 24.3 Å². The van der Waals surface area contributed by atoms with E-state index in [0.29, 0.717) is 6.42 Å². The smallest absolute Gasteiger partial charge is 0.140 e. The molecule has 1 atom stereocenters. The SMILES string of the molecule is B.NC1(O)CCc2ccccc21. The highest BCUT2D eigenvalue weighted by Crippen LogP contribution is 2.31. The molecule has 1 aliphatic carbocycles. The first-order valence-electron chi connectivity index (χ1n) is 3.80. The molecule has 0 radical (unpaired) electrons. The topological polar surface area (TPSA) is 46.2 Å². The Labute approximate surface area is 74.0 Å². The van der Waals surface area contributed by atoms with Gasteiger partial charge in [0, 0.05) is 5.56 Å². The number of hydrogen-bond acceptors (Lipinski definition) is 2. The van der Waals surface area contributed by atoms with Crippen molar-refractivity contribution in [1.29, 1.82) is 0 Å². The van der Waals surface area contributed by atoms with Crippen molar-refractivity contribution in [3.8, 4) is 0 Å². The number of hydrogen-bond donors (Lipinski definition) is 2. The van der Waals surface area contributed by atoms with Crippen LogP contribution < -0.4 is 5.73 Å². The van der Waals surface area contributed by atoms with Gasteiger partial charge in [-0.1, -0.05) is 24.3 Å². The van der Waals surface area contributed by atoms with Gasteiger partial charge in [0.05, 0.1) is 8.41 Å². The second-order valence-corrected chi connectivity index (χ2v) is 3.08. The highest BCUT2D eigenvalue weighted by atomic mass is 16.3. The molecule has 0 fully saturated rings. The van der Waals surface area contributed by atoms with Gasteiger partial charge in [0.2, 0.25) is 0 Å². The van der Waals surface area contributed by atoms with Gasteiger partial charge in [-0.05, 0) is 18.4 Å². The van der Waals surface area contributed by atoms with Crippen LogP contribution in [0, 0.1) is 0 Å². The maximum Gasteiger partial charge on any atom is 0.140 e. The van der Waals surface area contributed by atoms with Gasteiger partial charge in [-0.2, -0.15) is 0 Å². The summed E-state index contributed by atoms with van der Waals surface area (Å²) < 4.78 is 0. The summed E-state index contributed by atoms with van der Waals surface area (Å²) in [7, 11) is 0. The monoisotopic (exact) mass is 163 g/mol. The Balaban J connectivity index is 0.000000720. The number of nitrogens with two attached hydrogens (primary N) is 1. The van der Waals surface area contributed by atoms with Crippen molar-refractivity contribution in [2.24, 2.45) is 5.73 Å². The van der Waals surface area contributed by atoms with Crippen LogP contribution in [-0.4, -0.2) is 13.5 Å². The Morgan fingerprint density at radius 2 is 2.00 bits per heavy atom. The van der Waals surface area contributed by atoms with E-state index < -0.39 is 5.72 Å². The van der Waals surface area contributed by atoms with Crippen LogP contribution in [0.5, 0.6) is 0 Å². The highest BCUT2D eigenvalue weighted by Gasteiger charge is 2.31. The Morgan fingerprint density at radius 1 is 1.33 bits per heavy atom. The second kappa shape index (κ2) is 2.92. The molecule has 0 heterocycles. The van der Waals surface area contributed by atoms with Crippen LogP contribution in [0.25, 0.3) is 0 Å². The van der Waals surface area contributed by atoms with Gasteiger partial charge in [0.25, 0.3) is 0 Å². The van der Waals surface area contributed by atoms with Crippen molar-refractivity contribution in [2.45, 2.75) is 18.6 Å². The Bertz CT molecular complexity index is 286. The van der Waals surface area contributed by atoms with Crippen LogP contribution in [0.3, 0.4) is 0 Å². The average molecular weight is 163 g/mol. The van der Waals surface area contributed by atoms with Crippen LogP contribution in [0.4, 0.5) is 0 Å². The van der Waals surface area contributed by atoms with E-state index in [9.17, 15) is 5.11 Å². The van der Waals surface area contributed by atoms with Crippen molar-refractivity contribution in [2.75, 3.05) is 0 Å². The predicted molar refractivity (Wildman–Crippen MR) is 52.8 cm³/mol. The third-order valence-electron chi connectivity index (χ3n) is 2.26. The van der Waals surface area contributed by atoms with E-state index in [0.717, 1.165) is 12.0 Å². The molecule has 0 saturated heterocycles. The molecule has 0 amide bonds. The maximum absolute atomic E-state index is 9.62. The van der Waals surface area contributed by atoms with E-state index in [4.69, 9.17) is 5.73 Å². The van der Waals surface area contributed by atoms with Crippen molar-refractivity contribution in [3.63, 3.8) is 0 Å². The molecule has 3 heteroatoms. The minimum absolute atomic E-state index is 0. The Hall–Kier alpha value is -0.795. The van der Waals surface area contributed by atoms with Crippen molar-refractivity contribution in [1.82, 2.24) is 0 Å². The van der Waals surface area contributed by atoms with Crippen molar-refractivity contribution in [3.05, 3.63) is 35.4 Å². The van der Waals surface area contributed by atoms with Crippen LogP contribution in [0.2, 0.25) is 0 Å². The molecule has 64 valence electrons. The lowest BCUT2D eigenvalue weighted by Gasteiger charge is -2.16. The average Bonchev–Trinajstić information content (AvgIpc) is 2.29. The number of fused-ring (bicyclic) bond motifs is 1. The largest absolute Gasteiger partial charge is 0.372 e. The van der Waals surface area contributed by atoms with E-state index in [1.54, 1.807) is 0 Å². The summed E-state index contributed by atoms with van der Waals surface area (Å²) in [6, 6.07) is 7.78. The first-order chi connectivity index (χ1) is 5.20. The Kier molecular flexibility index (Phi) is 2.26. The van der Waals surface area contributed by atoms with Crippen LogP contribution >= 0.6 is 0 Å². The zero-order chi connectivity index (χ0) is 7.90. The zero-order valence-corrected chi connectivity index (χ0v) is 6.25.